The summed E-state index contributed by atoms with van der Waals surface area (Å²) in [5.74, 6) is 0.210. The maximum Gasteiger partial charge on any atom is 0.413 e. The van der Waals surface area contributed by atoms with Crippen molar-refractivity contribution in [1.29, 1.82) is 0 Å². The molecule has 0 unspecified atom stereocenters. The summed E-state index contributed by atoms with van der Waals surface area (Å²) in [4.78, 5) is 11.4. The fourth-order valence-corrected chi connectivity index (χ4v) is 2.11. The van der Waals surface area contributed by atoms with E-state index in [2.05, 4.69) is 15.5 Å². The second-order valence-electron chi connectivity index (χ2n) is 4.36. The highest BCUT2D eigenvalue weighted by Crippen LogP contribution is 2.18. The number of aromatic nitrogens is 2. The molecule has 1 heterocycles. The molecule has 0 saturated carbocycles. The molecule has 22 heavy (non-hydrogen) atoms. The van der Waals surface area contributed by atoms with Gasteiger partial charge in [0.05, 0.1) is 6.61 Å². The number of halogens is 1. The molecule has 0 atom stereocenters. The summed E-state index contributed by atoms with van der Waals surface area (Å²) in [7, 11) is 0. The number of carbonyl (C=O) groups excluding carboxylic acids is 1. The summed E-state index contributed by atoms with van der Waals surface area (Å²) in [5.41, 5.74) is 0. The normalized spacial score (nSPS) is 10.3. The molecule has 0 radical (unpaired) electrons. The molecule has 0 aliphatic heterocycles. The van der Waals surface area contributed by atoms with Crippen LogP contribution in [0.2, 0.25) is 0 Å². The lowest BCUT2D eigenvalue weighted by Crippen LogP contribution is -2.14. The Morgan fingerprint density at radius 1 is 1.32 bits per heavy atom. The zero-order valence-corrected chi connectivity index (χ0v) is 12.9. The van der Waals surface area contributed by atoms with Crippen LogP contribution in [0.4, 0.5) is 14.3 Å². The van der Waals surface area contributed by atoms with Crippen LogP contribution in [0.3, 0.4) is 0 Å². The second-order valence-corrected chi connectivity index (χ2v) is 5.42. The smallest absolute Gasteiger partial charge is 0.413 e. The Bertz CT molecular complexity index is 604. The monoisotopic (exact) mass is 325 g/mol. The van der Waals surface area contributed by atoms with Crippen molar-refractivity contribution in [2.45, 2.75) is 26.4 Å². The summed E-state index contributed by atoms with van der Waals surface area (Å²) >= 11 is 1.19. The van der Waals surface area contributed by atoms with Crippen molar-refractivity contribution < 1.29 is 18.7 Å². The fourth-order valence-electron chi connectivity index (χ4n) is 1.47. The van der Waals surface area contributed by atoms with E-state index in [4.69, 9.17) is 9.47 Å². The van der Waals surface area contributed by atoms with Crippen LogP contribution in [-0.4, -0.2) is 22.9 Å². The van der Waals surface area contributed by atoms with E-state index in [1.165, 1.54) is 35.6 Å². The summed E-state index contributed by atoms with van der Waals surface area (Å²) in [6.07, 6.45) is 1.23. The summed E-state index contributed by atoms with van der Waals surface area (Å²) < 4.78 is 23.2. The molecule has 0 saturated heterocycles. The molecular formula is C14H16FN3O3S. The number of nitrogens with one attached hydrogen (secondary N) is 1. The minimum Gasteiger partial charge on any atom is -0.486 e. The number of benzene rings is 1. The molecule has 1 aromatic heterocycles. The quantitative estimate of drug-likeness (QED) is 0.787. The van der Waals surface area contributed by atoms with Gasteiger partial charge in [0, 0.05) is 0 Å². The highest BCUT2D eigenvalue weighted by Gasteiger charge is 2.09. The van der Waals surface area contributed by atoms with Crippen molar-refractivity contribution in [3.05, 3.63) is 35.1 Å². The van der Waals surface area contributed by atoms with E-state index in [1.54, 1.807) is 0 Å². The van der Waals surface area contributed by atoms with Gasteiger partial charge in [-0.25, -0.2) is 9.18 Å². The maximum absolute atomic E-state index is 12.8. The van der Waals surface area contributed by atoms with E-state index in [9.17, 15) is 9.18 Å². The number of anilines is 1. The van der Waals surface area contributed by atoms with Crippen LogP contribution in [0.25, 0.3) is 0 Å². The Morgan fingerprint density at radius 2 is 2.09 bits per heavy atom. The first-order valence-corrected chi connectivity index (χ1v) is 7.63. The number of amides is 1. The van der Waals surface area contributed by atoms with Crippen LogP contribution in [0.15, 0.2) is 24.3 Å². The van der Waals surface area contributed by atoms with Crippen molar-refractivity contribution >= 4 is 22.6 Å². The molecule has 6 nitrogen and oxygen atoms in total. The Hall–Kier alpha value is -2.22. The summed E-state index contributed by atoms with van der Waals surface area (Å²) in [5, 5.41) is 11.2. The van der Waals surface area contributed by atoms with Gasteiger partial charge in [-0.2, -0.15) is 0 Å². The van der Waals surface area contributed by atoms with Crippen molar-refractivity contribution in [2.24, 2.45) is 0 Å². The third-order valence-electron chi connectivity index (χ3n) is 2.58. The number of rotatable bonds is 7. The van der Waals surface area contributed by atoms with E-state index < -0.39 is 6.09 Å². The van der Waals surface area contributed by atoms with E-state index >= 15 is 0 Å². The zero-order chi connectivity index (χ0) is 15.8. The van der Waals surface area contributed by atoms with E-state index in [0.717, 1.165) is 12.8 Å². The molecule has 0 spiro atoms. The maximum atomic E-state index is 12.8. The average molecular weight is 325 g/mol. The molecule has 0 aliphatic rings. The molecule has 8 heteroatoms. The van der Waals surface area contributed by atoms with Gasteiger partial charge in [-0.3, -0.25) is 5.32 Å². The van der Waals surface area contributed by atoms with Gasteiger partial charge in [0.2, 0.25) is 5.13 Å². The predicted molar refractivity (Wildman–Crippen MR) is 80.5 cm³/mol. The molecule has 2 aromatic rings. The van der Waals surface area contributed by atoms with Crippen molar-refractivity contribution in [3.8, 4) is 5.75 Å². The number of hydrogen-bond acceptors (Lipinski definition) is 6. The first kappa shape index (κ1) is 16.2. The molecule has 0 bridgehead atoms. The van der Waals surface area contributed by atoms with Gasteiger partial charge in [0.15, 0.2) is 5.01 Å². The van der Waals surface area contributed by atoms with Crippen LogP contribution < -0.4 is 10.1 Å². The summed E-state index contributed by atoms with van der Waals surface area (Å²) in [6.45, 7) is 2.58. The average Bonchev–Trinajstić information content (AvgIpc) is 2.94. The highest BCUT2D eigenvalue weighted by atomic mass is 32.1. The van der Waals surface area contributed by atoms with Gasteiger partial charge in [0.25, 0.3) is 0 Å². The standard InChI is InChI=1S/C14H16FN3O3S/c1-2-3-8-20-14(19)16-13-18-17-12(22-13)9-21-11-6-4-10(15)5-7-11/h4-7H,2-3,8-9H2,1H3,(H,16,18,19). The molecule has 1 amide bonds. The predicted octanol–water partition coefficient (Wildman–Crippen LogP) is 3.60. The number of unbranched alkanes of at least 4 members (excludes halogenated alkanes) is 1. The lowest BCUT2D eigenvalue weighted by atomic mass is 10.3. The third kappa shape index (κ3) is 5.28. The van der Waals surface area contributed by atoms with Crippen LogP contribution in [0.1, 0.15) is 24.8 Å². The third-order valence-corrected chi connectivity index (χ3v) is 3.40. The van der Waals surface area contributed by atoms with E-state index in [-0.39, 0.29) is 12.4 Å². The van der Waals surface area contributed by atoms with Crippen molar-refractivity contribution in [3.63, 3.8) is 0 Å². The molecule has 0 fully saturated rings. The van der Waals surface area contributed by atoms with Gasteiger partial charge in [-0.05, 0) is 30.7 Å². The minimum absolute atomic E-state index is 0.190. The van der Waals surface area contributed by atoms with Crippen LogP contribution in [0.5, 0.6) is 5.75 Å². The van der Waals surface area contributed by atoms with Gasteiger partial charge < -0.3 is 9.47 Å². The molecule has 0 aliphatic carbocycles. The number of nitrogens with zero attached hydrogens (tertiary/aromatic N) is 2. The number of hydrogen-bond donors (Lipinski definition) is 1. The topological polar surface area (TPSA) is 73.3 Å². The molecule has 1 aromatic carbocycles. The summed E-state index contributed by atoms with van der Waals surface area (Å²) in [6, 6.07) is 5.69. The lowest BCUT2D eigenvalue weighted by Gasteiger charge is -2.03. The van der Waals surface area contributed by atoms with Gasteiger partial charge >= 0.3 is 6.09 Å². The number of ether oxygens (including phenoxy) is 2. The molecule has 118 valence electrons. The largest absolute Gasteiger partial charge is 0.486 e. The van der Waals surface area contributed by atoms with Crippen LogP contribution >= 0.6 is 11.3 Å². The van der Waals surface area contributed by atoms with Crippen molar-refractivity contribution in [2.75, 3.05) is 11.9 Å². The van der Waals surface area contributed by atoms with Gasteiger partial charge in [-0.15, -0.1) is 10.2 Å². The SMILES string of the molecule is CCCCOC(=O)Nc1nnc(COc2ccc(F)cc2)s1. The Kier molecular flexibility index (Phi) is 6.08. The molecule has 1 N–H and O–H groups in total. The Labute approximate surface area is 131 Å². The second kappa shape index (κ2) is 8.28. The lowest BCUT2D eigenvalue weighted by molar-refractivity contribution is 0.160. The fraction of sp³-hybridized carbons (Fsp3) is 0.357. The zero-order valence-electron chi connectivity index (χ0n) is 12.0. The van der Waals surface area contributed by atoms with Crippen molar-refractivity contribution in [1.82, 2.24) is 10.2 Å². The van der Waals surface area contributed by atoms with E-state index in [0.29, 0.717) is 22.5 Å². The number of carbonyl (C=O) groups is 1. The van der Waals surface area contributed by atoms with Crippen LogP contribution in [0, 0.1) is 5.82 Å². The Morgan fingerprint density at radius 3 is 2.82 bits per heavy atom. The Balaban J connectivity index is 1.78. The molecular weight excluding hydrogens is 309 g/mol. The minimum atomic E-state index is -0.546. The van der Waals surface area contributed by atoms with Gasteiger partial charge in [0.1, 0.15) is 18.2 Å². The highest BCUT2D eigenvalue weighted by molar-refractivity contribution is 7.15. The van der Waals surface area contributed by atoms with Crippen LogP contribution in [-0.2, 0) is 11.3 Å². The van der Waals surface area contributed by atoms with Gasteiger partial charge in [-0.1, -0.05) is 24.7 Å². The first-order valence-electron chi connectivity index (χ1n) is 6.82. The molecule has 2 rings (SSSR count). The van der Waals surface area contributed by atoms with E-state index in [1.807, 2.05) is 6.92 Å². The first-order chi connectivity index (χ1) is 10.7.